The molecule has 0 atom stereocenters. The number of carbonyl (C=O) groups excluding carboxylic acids is 1. The maximum atomic E-state index is 11.2. The van der Waals surface area contributed by atoms with Gasteiger partial charge in [0.15, 0.2) is 6.29 Å². The van der Waals surface area contributed by atoms with E-state index in [1.807, 2.05) is 6.07 Å². The van der Waals surface area contributed by atoms with Crippen LogP contribution in [0, 0.1) is 0 Å². The molecule has 1 aromatic heterocycles. The number of nitrogens with zero attached hydrogens (tertiary/aromatic N) is 2. The van der Waals surface area contributed by atoms with Crippen molar-refractivity contribution in [2.75, 3.05) is 5.32 Å². The van der Waals surface area contributed by atoms with Gasteiger partial charge in [-0.15, -0.1) is 0 Å². The van der Waals surface area contributed by atoms with Gasteiger partial charge in [0, 0.05) is 22.8 Å². The molecule has 0 unspecified atom stereocenters. The number of rotatable bonds is 4. The van der Waals surface area contributed by atoms with Crippen LogP contribution in [0.2, 0.25) is 0 Å². The van der Waals surface area contributed by atoms with Crippen molar-refractivity contribution < 1.29 is 13.2 Å². The fourth-order valence-electron chi connectivity index (χ4n) is 2.09. The Labute approximate surface area is 132 Å². The van der Waals surface area contributed by atoms with E-state index in [4.69, 9.17) is 5.14 Å². The minimum atomic E-state index is -3.73. The first-order valence-electron chi connectivity index (χ1n) is 6.58. The first-order valence-corrected chi connectivity index (χ1v) is 8.13. The van der Waals surface area contributed by atoms with E-state index in [0.29, 0.717) is 22.7 Å². The van der Waals surface area contributed by atoms with Crippen LogP contribution in [-0.2, 0) is 10.0 Å². The number of sulfonamides is 1. The number of benzene rings is 2. The Morgan fingerprint density at radius 2 is 1.83 bits per heavy atom. The lowest BCUT2D eigenvalue weighted by Crippen LogP contribution is -2.11. The van der Waals surface area contributed by atoms with Crippen LogP contribution in [0.15, 0.2) is 53.6 Å². The van der Waals surface area contributed by atoms with Gasteiger partial charge in [-0.25, -0.2) is 23.5 Å². The molecule has 116 valence electrons. The van der Waals surface area contributed by atoms with E-state index < -0.39 is 10.0 Å². The van der Waals surface area contributed by atoms with E-state index in [0.717, 1.165) is 11.7 Å². The van der Waals surface area contributed by atoms with Gasteiger partial charge in [-0.2, -0.15) is 0 Å². The molecule has 0 aliphatic heterocycles. The fourth-order valence-corrected chi connectivity index (χ4v) is 2.61. The summed E-state index contributed by atoms with van der Waals surface area (Å²) in [4.78, 5) is 19.6. The summed E-state index contributed by atoms with van der Waals surface area (Å²) in [6.45, 7) is 0. The first-order chi connectivity index (χ1) is 11.0. The van der Waals surface area contributed by atoms with E-state index in [1.165, 1.54) is 12.1 Å². The van der Waals surface area contributed by atoms with Crippen LogP contribution in [0.25, 0.3) is 10.9 Å². The number of anilines is 2. The molecule has 0 radical (unpaired) electrons. The molecule has 1 heterocycles. The molecule has 0 fully saturated rings. The molecule has 0 spiro atoms. The summed E-state index contributed by atoms with van der Waals surface area (Å²) in [6, 6.07) is 11.1. The zero-order valence-corrected chi connectivity index (χ0v) is 12.6. The quantitative estimate of drug-likeness (QED) is 0.706. The fraction of sp³-hybridized carbons (Fsp3) is 0. The second kappa shape index (κ2) is 5.75. The zero-order chi connectivity index (χ0) is 16.4. The van der Waals surface area contributed by atoms with Crippen LogP contribution < -0.4 is 10.5 Å². The number of primary sulfonamides is 1. The van der Waals surface area contributed by atoms with Gasteiger partial charge in [0.1, 0.15) is 0 Å². The molecule has 3 rings (SSSR count). The number of aromatic nitrogens is 2. The highest BCUT2D eigenvalue weighted by Crippen LogP contribution is 2.19. The first kappa shape index (κ1) is 15.1. The van der Waals surface area contributed by atoms with Crippen molar-refractivity contribution in [3.8, 4) is 0 Å². The van der Waals surface area contributed by atoms with Crippen molar-refractivity contribution in [3.05, 3.63) is 54.2 Å². The molecule has 0 amide bonds. The minimum Gasteiger partial charge on any atom is -0.324 e. The number of para-hydroxylation sites is 1. The smallest absolute Gasteiger partial charge is 0.238 e. The summed E-state index contributed by atoms with van der Waals surface area (Å²) in [5.41, 5.74) is 1.61. The highest BCUT2D eigenvalue weighted by molar-refractivity contribution is 7.89. The van der Waals surface area contributed by atoms with Gasteiger partial charge in [0.05, 0.1) is 10.4 Å². The molecule has 8 heteroatoms. The Kier molecular flexibility index (Phi) is 3.77. The van der Waals surface area contributed by atoms with Gasteiger partial charge in [0.25, 0.3) is 0 Å². The Morgan fingerprint density at radius 1 is 1.09 bits per heavy atom. The highest BCUT2D eigenvalue weighted by atomic mass is 32.2. The van der Waals surface area contributed by atoms with Gasteiger partial charge in [-0.05, 0) is 30.3 Å². The summed E-state index contributed by atoms with van der Waals surface area (Å²) in [5, 5.41) is 8.75. The Balaban J connectivity index is 1.94. The van der Waals surface area contributed by atoms with Crippen LogP contribution in [-0.4, -0.2) is 24.7 Å². The standard InChI is InChI=1S/C15H12N4O3S/c16-23(21,22)13-6-4-12(5-7-13)18-15-17-8-10-2-1-3-11(9-20)14(10)19-15/h1-9H,(H2,16,21,22)(H,17,18,19). The number of hydrogen-bond donors (Lipinski definition) is 2. The SMILES string of the molecule is NS(=O)(=O)c1ccc(Nc2ncc3cccc(C=O)c3n2)cc1. The number of nitrogens with one attached hydrogen (secondary N) is 1. The van der Waals surface area contributed by atoms with E-state index >= 15 is 0 Å². The van der Waals surface area contributed by atoms with E-state index in [9.17, 15) is 13.2 Å². The normalized spacial score (nSPS) is 11.3. The monoisotopic (exact) mass is 328 g/mol. The lowest BCUT2D eigenvalue weighted by atomic mass is 10.1. The highest BCUT2D eigenvalue weighted by Gasteiger charge is 2.08. The summed E-state index contributed by atoms with van der Waals surface area (Å²) in [7, 11) is -3.73. The van der Waals surface area contributed by atoms with Crippen LogP contribution in [0.3, 0.4) is 0 Å². The second-order valence-corrected chi connectivity index (χ2v) is 6.35. The van der Waals surface area contributed by atoms with Crippen molar-refractivity contribution in [3.63, 3.8) is 0 Å². The number of fused-ring (bicyclic) bond motifs is 1. The van der Waals surface area contributed by atoms with Crippen molar-refractivity contribution in [2.24, 2.45) is 5.14 Å². The molecule has 7 nitrogen and oxygen atoms in total. The number of aldehydes is 1. The third kappa shape index (κ3) is 3.17. The largest absolute Gasteiger partial charge is 0.324 e. The maximum Gasteiger partial charge on any atom is 0.238 e. The van der Waals surface area contributed by atoms with Crippen molar-refractivity contribution in [2.45, 2.75) is 4.90 Å². The number of hydrogen-bond acceptors (Lipinski definition) is 6. The molecule has 2 aromatic carbocycles. The third-order valence-corrected chi connectivity index (χ3v) is 4.14. The van der Waals surface area contributed by atoms with Crippen molar-refractivity contribution >= 4 is 38.8 Å². The molecular formula is C15H12N4O3S. The predicted molar refractivity (Wildman–Crippen MR) is 86.0 cm³/mol. The van der Waals surface area contributed by atoms with Crippen LogP contribution in [0.4, 0.5) is 11.6 Å². The molecule has 0 aliphatic rings. The zero-order valence-electron chi connectivity index (χ0n) is 11.8. The van der Waals surface area contributed by atoms with Crippen LogP contribution >= 0.6 is 0 Å². The van der Waals surface area contributed by atoms with Crippen molar-refractivity contribution in [1.82, 2.24) is 9.97 Å². The molecule has 0 saturated heterocycles. The Bertz CT molecular complexity index is 985. The lowest BCUT2D eigenvalue weighted by Gasteiger charge is -2.07. The van der Waals surface area contributed by atoms with Crippen LogP contribution in [0.1, 0.15) is 10.4 Å². The number of carbonyl (C=O) groups is 1. The van der Waals surface area contributed by atoms with Gasteiger partial charge in [-0.1, -0.05) is 12.1 Å². The Hall–Kier alpha value is -2.84. The van der Waals surface area contributed by atoms with E-state index in [1.54, 1.807) is 30.5 Å². The summed E-state index contributed by atoms with van der Waals surface area (Å²) < 4.78 is 22.4. The number of nitrogens with two attached hydrogens (primary N) is 1. The average molecular weight is 328 g/mol. The maximum absolute atomic E-state index is 11.2. The van der Waals surface area contributed by atoms with E-state index in [-0.39, 0.29) is 4.90 Å². The summed E-state index contributed by atoms with van der Waals surface area (Å²) in [5.74, 6) is 0.301. The van der Waals surface area contributed by atoms with Crippen molar-refractivity contribution in [1.29, 1.82) is 0 Å². The minimum absolute atomic E-state index is 0.0192. The molecule has 3 aromatic rings. The van der Waals surface area contributed by atoms with Crippen LogP contribution in [0.5, 0.6) is 0 Å². The molecule has 23 heavy (non-hydrogen) atoms. The average Bonchev–Trinajstić information content (AvgIpc) is 2.54. The topological polar surface area (TPSA) is 115 Å². The van der Waals surface area contributed by atoms with Gasteiger partial charge >= 0.3 is 0 Å². The van der Waals surface area contributed by atoms with Gasteiger partial charge in [-0.3, -0.25) is 4.79 Å². The Morgan fingerprint density at radius 3 is 2.48 bits per heavy atom. The van der Waals surface area contributed by atoms with Gasteiger partial charge in [0.2, 0.25) is 16.0 Å². The molecular weight excluding hydrogens is 316 g/mol. The predicted octanol–water partition coefficient (Wildman–Crippen LogP) is 1.83. The van der Waals surface area contributed by atoms with E-state index in [2.05, 4.69) is 15.3 Å². The summed E-state index contributed by atoms with van der Waals surface area (Å²) in [6.07, 6.45) is 2.34. The molecule has 0 bridgehead atoms. The summed E-state index contributed by atoms with van der Waals surface area (Å²) >= 11 is 0. The van der Waals surface area contributed by atoms with Gasteiger partial charge < -0.3 is 5.32 Å². The molecule has 3 N–H and O–H groups in total. The third-order valence-electron chi connectivity index (χ3n) is 3.21. The second-order valence-electron chi connectivity index (χ2n) is 4.79. The lowest BCUT2D eigenvalue weighted by molar-refractivity contribution is 0.112. The molecule has 0 saturated carbocycles. The molecule has 0 aliphatic carbocycles.